The maximum atomic E-state index is 11.7. The number of carboxylic acid groups (broad SMARTS) is 1. The van der Waals surface area contributed by atoms with Crippen molar-refractivity contribution in [3.8, 4) is 0 Å². The zero-order valence-corrected chi connectivity index (χ0v) is 11.7. The minimum absolute atomic E-state index is 0.126. The largest absolute Gasteiger partial charge is 0.481 e. The number of hydrogen-bond donors (Lipinski definition) is 3. The summed E-state index contributed by atoms with van der Waals surface area (Å²) in [6.07, 6.45) is 1.03. The minimum Gasteiger partial charge on any atom is -0.481 e. The molecule has 0 aromatic heterocycles. The van der Waals surface area contributed by atoms with Crippen LogP contribution in [0.4, 0.5) is 4.79 Å². The molecule has 0 spiro atoms. The van der Waals surface area contributed by atoms with Gasteiger partial charge in [-0.25, -0.2) is 4.79 Å². The summed E-state index contributed by atoms with van der Waals surface area (Å²) >= 11 is 0. The van der Waals surface area contributed by atoms with E-state index in [9.17, 15) is 9.59 Å². The molecule has 1 aromatic carbocycles. The minimum atomic E-state index is -0.868. The van der Waals surface area contributed by atoms with Crippen molar-refractivity contribution < 1.29 is 19.4 Å². The third kappa shape index (κ3) is 4.46. The van der Waals surface area contributed by atoms with Gasteiger partial charge in [0.2, 0.25) is 0 Å². The Bertz CT molecular complexity index is 492. The van der Waals surface area contributed by atoms with Gasteiger partial charge in [0, 0.05) is 12.1 Å². The molecule has 1 aliphatic rings. The lowest BCUT2D eigenvalue weighted by molar-refractivity contribution is -0.143. The van der Waals surface area contributed by atoms with Crippen LogP contribution < -0.4 is 11.1 Å². The summed E-state index contributed by atoms with van der Waals surface area (Å²) < 4.78 is 5.13. The van der Waals surface area contributed by atoms with Crippen LogP contribution in [0.1, 0.15) is 24.8 Å². The van der Waals surface area contributed by atoms with Gasteiger partial charge in [0.1, 0.15) is 6.61 Å². The van der Waals surface area contributed by atoms with Crippen LogP contribution in [0.25, 0.3) is 0 Å². The molecular weight excluding hydrogens is 272 g/mol. The Morgan fingerprint density at radius 1 is 1.29 bits per heavy atom. The highest BCUT2D eigenvalue weighted by Gasteiger charge is 2.33. The molecule has 0 aliphatic heterocycles. The number of alkyl carbamates (subject to hydrolysis) is 1. The number of amides is 1. The monoisotopic (exact) mass is 292 g/mol. The van der Waals surface area contributed by atoms with Gasteiger partial charge in [-0.15, -0.1) is 0 Å². The summed E-state index contributed by atoms with van der Waals surface area (Å²) in [7, 11) is 0. The van der Waals surface area contributed by atoms with Crippen LogP contribution in [-0.2, 0) is 16.1 Å². The highest BCUT2D eigenvalue weighted by atomic mass is 16.5. The number of carboxylic acids is 1. The number of ether oxygens (including phenoxy) is 1. The first kappa shape index (κ1) is 15.3. The van der Waals surface area contributed by atoms with Gasteiger partial charge < -0.3 is 20.9 Å². The van der Waals surface area contributed by atoms with Gasteiger partial charge in [0.15, 0.2) is 0 Å². The Morgan fingerprint density at radius 2 is 2.00 bits per heavy atom. The second-order valence-electron chi connectivity index (χ2n) is 5.32. The molecule has 4 N–H and O–H groups in total. The van der Waals surface area contributed by atoms with E-state index in [1.54, 1.807) is 0 Å². The second kappa shape index (κ2) is 7.08. The first-order valence-electron chi connectivity index (χ1n) is 7.02. The first-order chi connectivity index (χ1) is 10.1. The van der Waals surface area contributed by atoms with Crippen LogP contribution in [0.15, 0.2) is 30.3 Å². The van der Waals surface area contributed by atoms with Crippen molar-refractivity contribution in [1.82, 2.24) is 5.32 Å². The predicted octanol–water partition coefficient (Wildman–Crippen LogP) is 1.49. The second-order valence-corrected chi connectivity index (χ2v) is 5.32. The third-order valence-corrected chi connectivity index (χ3v) is 3.75. The van der Waals surface area contributed by atoms with Gasteiger partial charge in [-0.1, -0.05) is 30.3 Å². The van der Waals surface area contributed by atoms with Crippen LogP contribution >= 0.6 is 0 Å². The van der Waals surface area contributed by atoms with E-state index in [-0.39, 0.29) is 12.6 Å². The Hall–Kier alpha value is -2.08. The lowest BCUT2D eigenvalue weighted by Gasteiger charge is -2.31. The molecule has 1 saturated carbocycles. The van der Waals surface area contributed by atoms with E-state index in [1.165, 1.54) is 0 Å². The molecule has 6 heteroatoms. The Kier molecular flexibility index (Phi) is 5.16. The number of aliphatic carboxylic acids is 1. The smallest absolute Gasteiger partial charge is 0.407 e. The van der Waals surface area contributed by atoms with Crippen molar-refractivity contribution in [3.05, 3.63) is 35.9 Å². The van der Waals surface area contributed by atoms with E-state index in [1.807, 2.05) is 30.3 Å². The normalized spacial score (nSPS) is 25.1. The van der Waals surface area contributed by atoms with Gasteiger partial charge in [0.25, 0.3) is 0 Å². The van der Waals surface area contributed by atoms with Crippen LogP contribution in [0.2, 0.25) is 0 Å². The van der Waals surface area contributed by atoms with Gasteiger partial charge in [-0.3, -0.25) is 4.79 Å². The molecule has 1 aliphatic carbocycles. The predicted molar refractivity (Wildman–Crippen MR) is 76.5 cm³/mol. The van der Waals surface area contributed by atoms with Crippen LogP contribution in [0.5, 0.6) is 0 Å². The number of rotatable bonds is 4. The number of benzene rings is 1. The molecule has 0 saturated heterocycles. The van der Waals surface area contributed by atoms with Gasteiger partial charge in [-0.2, -0.15) is 0 Å². The maximum absolute atomic E-state index is 11.7. The number of nitrogens with two attached hydrogens (primary N) is 1. The Balaban J connectivity index is 1.75. The van der Waals surface area contributed by atoms with Gasteiger partial charge >= 0.3 is 12.1 Å². The molecular formula is C15H20N2O4. The molecule has 0 heterocycles. The highest BCUT2D eigenvalue weighted by molar-refractivity contribution is 5.71. The molecule has 0 radical (unpaired) electrons. The average molecular weight is 292 g/mol. The number of hydrogen-bond acceptors (Lipinski definition) is 4. The summed E-state index contributed by atoms with van der Waals surface area (Å²) in [6.45, 7) is 0.212. The lowest BCUT2D eigenvalue weighted by atomic mass is 9.82. The first-order valence-corrected chi connectivity index (χ1v) is 7.02. The van der Waals surface area contributed by atoms with E-state index in [0.29, 0.717) is 19.3 Å². The third-order valence-electron chi connectivity index (χ3n) is 3.75. The molecule has 6 nitrogen and oxygen atoms in total. The molecule has 21 heavy (non-hydrogen) atoms. The zero-order chi connectivity index (χ0) is 15.2. The van der Waals surface area contributed by atoms with E-state index >= 15 is 0 Å². The van der Waals surface area contributed by atoms with E-state index < -0.39 is 24.0 Å². The fourth-order valence-electron chi connectivity index (χ4n) is 2.57. The quantitative estimate of drug-likeness (QED) is 0.780. The summed E-state index contributed by atoms with van der Waals surface area (Å²) in [6, 6.07) is 8.84. The van der Waals surface area contributed by atoms with E-state index in [4.69, 9.17) is 15.6 Å². The van der Waals surface area contributed by atoms with Crippen LogP contribution in [0.3, 0.4) is 0 Å². The molecule has 1 aromatic rings. The van der Waals surface area contributed by atoms with Crippen molar-refractivity contribution in [2.75, 3.05) is 0 Å². The summed E-state index contributed by atoms with van der Waals surface area (Å²) in [5, 5.41) is 11.7. The molecule has 0 unspecified atom stereocenters. The SMILES string of the molecule is N[C@@H]1C[C@H](NC(=O)OCc2ccccc2)CC[C@H]1C(=O)O. The van der Waals surface area contributed by atoms with Crippen LogP contribution in [0, 0.1) is 5.92 Å². The Labute approximate surface area is 123 Å². The molecule has 0 bridgehead atoms. The van der Waals surface area contributed by atoms with E-state index in [0.717, 1.165) is 5.56 Å². The molecule has 114 valence electrons. The Morgan fingerprint density at radius 3 is 2.62 bits per heavy atom. The van der Waals surface area contributed by atoms with Gasteiger partial charge in [-0.05, 0) is 24.8 Å². The molecule has 3 atom stereocenters. The number of nitrogens with one attached hydrogen (secondary N) is 1. The fourth-order valence-corrected chi connectivity index (χ4v) is 2.57. The highest BCUT2D eigenvalue weighted by Crippen LogP contribution is 2.23. The van der Waals surface area contributed by atoms with Crippen molar-refractivity contribution in [1.29, 1.82) is 0 Å². The van der Waals surface area contributed by atoms with Crippen LogP contribution in [-0.4, -0.2) is 29.3 Å². The molecule has 2 rings (SSSR count). The van der Waals surface area contributed by atoms with E-state index in [2.05, 4.69) is 5.32 Å². The lowest BCUT2D eigenvalue weighted by Crippen LogP contribution is -2.48. The summed E-state index contributed by atoms with van der Waals surface area (Å²) in [5.74, 6) is -1.39. The number of carbonyl (C=O) groups excluding carboxylic acids is 1. The van der Waals surface area contributed by atoms with Gasteiger partial charge in [0.05, 0.1) is 5.92 Å². The molecule has 1 fully saturated rings. The average Bonchev–Trinajstić information content (AvgIpc) is 2.46. The topological polar surface area (TPSA) is 102 Å². The fraction of sp³-hybridized carbons (Fsp3) is 0.467. The summed E-state index contributed by atoms with van der Waals surface area (Å²) in [5.41, 5.74) is 6.75. The van der Waals surface area contributed by atoms with Crippen molar-refractivity contribution >= 4 is 12.1 Å². The maximum Gasteiger partial charge on any atom is 0.407 e. The standard InChI is InChI=1S/C15H20N2O4/c16-13-8-11(6-7-12(13)14(18)19)17-15(20)21-9-10-4-2-1-3-5-10/h1-5,11-13H,6-9,16H2,(H,17,20)(H,18,19)/t11-,12-,13-/m1/s1. The summed E-state index contributed by atoms with van der Waals surface area (Å²) in [4.78, 5) is 22.7. The molecule has 1 amide bonds. The number of carbonyl (C=O) groups is 2. The zero-order valence-electron chi connectivity index (χ0n) is 11.7. The van der Waals surface area contributed by atoms with Crippen molar-refractivity contribution in [2.24, 2.45) is 11.7 Å². The van der Waals surface area contributed by atoms with Crippen molar-refractivity contribution in [3.63, 3.8) is 0 Å². The van der Waals surface area contributed by atoms with Crippen molar-refractivity contribution in [2.45, 2.75) is 38.0 Å².